The second-order valence-corrected chi connectivity index (χ2v) is 8.99. The Hall–Kier alpha value is -3.68. The van der Waals surface area contributed by atoms with Crippen molar-refractivity contribution in [3.05, 3.63) is 105 Å². The third kappa shape index (κ3) is 5.12. The fourth-order valence-corrected chi connectivity index (χ4v) is 4.25. The van der Waals surface area contributed by atoms with Crippen LogP contribution in [0.5, 0.6) is 0 Å². The van der Waals surface area contributed by atoms with Crippen molar-refractivity contribution in [1.82, 2.24) is 9.88 Å². The molecule has 4 rings (SSSR count). The quantitative estimate of drug-likeness (QED) is 0.187. The topological polar surface area (TPSA) is 96.8 Å². The van der Waals surface area contributed by atoms with Gasteiger partial charge >= 0.3 is 5.97 Å². The number of aromatic nitrogens is 1. The van der Waals surface area contributed by atoms with Crippen LogP contribution in [0, 0.1) is 0 Å². The summed E-state index contributed by atoms with van der Waals surface area (Å²) in [6.07, 6.45) is 3.83. The summed E-state index contributed by atoms with van der Waals surface area (Å²) in [5.41, 5.74) is 1.81. The number of benzene rings is 2. The number of pyridine rings is 1. The first-order chi connectivity index (χ1) is 17.3. The van der Waals surface area contributed by atoms with Crippen LogP contribution in [-0.2, 0) is 20.9 Å². The van der Waals surface area contributed by atoms with Crippen molar-refractivity contribution in [2.75, 3.05) is 6.61 Å². The highest BCUT2D eigenvalue weighted by Crippen LogP contribution is 2.40. The number of aliphatic hydroxyl groups excluding tert-OH is 1. The molecule has 36 heavy (non-hydrogen) atoms. The molecule has 1 amide bonds. The van der Waals surface area contributed by atoms with E-state index in [2.05, 4.69) is 4.98 Å². The zero-order chi connectivity index (χ0) is 25.8. The Labute approximate surface area is 217 Å². The van der Waals surface area contributed by atoms with Crippen LogP contribution >= 0.6 is 23.2 Å². The van der Waals surface area contributed by atoms with Gasteiger partial charge in [0.1, 0.15) is 5.76 Å². The predicted octanol–water partition coefficient (Wildman–Crippen LogP) is 5.58. The van der Waals surface area contributed by atoms with Gasteiger partial charge in [-0.05, 0) is 53.9 Å². The molecule has 0 spiro atoms. The molecule has 1 fully saturated rings. The number of aliphatic hydroxyl groups is 1. The van der Waals surface area contributed by atoms with Gasteiger partial charge in [-0.15, -0.1) is 0 Å². The Morgan fingerprint density at radius 3 is 2.42 bits per heavy atom. The molecule has 1 N–H and O–H groups in total. The number of Topliss-reactive ketones (excluding diaryl/α,β-unsaturated/α-hetero) is 1. The lowest BCUT2D eigenvalue weighted by atomic mass is 9.96. The maximum atomic E-state index is 13.2. The average molecular weight is 525 g/mol. The van der Waals surface area contributed by atoms with Crippen LogP contribution in [-0.4, -0.2) is 39.3 Å². The van der Waals surface area contributed by atoms with E-state index < -0.39 is 23.7 Å². The molecule has 0 aliphatic carbocycles. The van der Waals surface area contributed by atoms with Gasteiger partial charge in [0.25, 0.3) is 11.7 Å². The van der Waals surface area contributed by atoms with Gasteiger partial charge in [0.05, 0.1) is 33.8 Å². The smallest absolute Gasteiger partial charge is 0.338 e. The first-order valence-electron chi connectivity index (χ1n) is 11.2. The van der Waals surface area contributed by atoms with Crippen molar-refractivity contribution in [3.63, 3.8) is 0 Å². The lowest BCUT2D eigenvalue weighted by Crippen LogP contribution is -2.29. The molecule has 0 bridgehead atoms. The minimum absolute atomic E-state index is 0.0621. The highest BCUT2D eigenvalue weighted by molar-refractivity contribution is 6.46. The maximum Gasteiger partial charge on any atom is 0.338 e. The summed E-state index contributed by atoms with van der Waals surface area (Å²) >= 11 is 12.1. The summed E-state index contributed by atoms with van der Waals surface area (Å²) in [5, 5.41) is 11.6. The van der Waals surface area contributed by atoms with E-state index in [0.717, 1.165) is 6.42 Å². The molecule has 2 aromatic carbocycles. The molecule has 184 valence electrons. The number of rotatable bonds is 7. The van der Waals surface area contributed by atoms with Crippen molar-refractivity contribution in [1.29, 1.82) is 0 Å². The van der Waals surface area contributed by atoms with E-state index in [-0.39, 0.29) is 28.5 Å². The average Bonchev–Trinajstić information content (AvgIpc) is 3.14. The Morgan fingerprint density at radius 2 is 1.78 bits per heavy atom. The first-order valence-corrected chi connectivity index (χ1v) is 12.0. The Kier molecular flexibility index (Phi) is 7.72. The molecular formula is C27H22Cl2N2O5. The third-order valence-electron chi connectivity index (χ3n) is 5.71. The van der Waals surface area contributed by atoms with Crippen molar-refractivity contribution < 1.29 is 24.2 Å². The molecule has 9 heteroatoms. The van der Waals surface area contributed by atoms with Crippen LogP contribution in [0.1, 0.15) is 46.4 Å². The van der Waals surface area contributed by atoms with E-state index in [1.54, 1.807) is 48.8 Å². The number of ketones is 1. The standard InChI is InChI=1S/C27H22Cl2N2O5/c1-2-12-36-27(35)17-7-5-16(6-8-17)15-31-23(19-4-3-11-30-14-19)22(25(33)26(31)34)24(32)18-9-10-20(28)21(29)13-18/h3-11,13-14,23,32H,2,12,15H2,1H3/b24-22-. The molecule has 7 nitrogen and oxygen atoms in total. The molecule has 1 atom stereocenters. The van der Waals surface area contributed by atoms with Crippen LogP contribution in [0.25, 0.3) is 5.76 Å². The molecule has 1 saturated heterocycles. The number of halogens is 2. The van der Waals surface area contributed by atoms with Gasteiger partial charge in [0.2, 0.25) is 0 Å². The molecule has 0 saturated carbocycles. The number of amides is 1. The van der Waals surface area contributed by atoms with Crippen LogP contribution in [0.2, 0.25) is 10.0 Å². The molecule has 1 aliphatic rings. The number of nitrogens with zero attached hydrogens (tertiary/aromatic N) is 2. The largest absolute Gasteiger partial charge is 0.507 e. The SMILES string of the molecule is CCCOC(=O)c1ccc(CN2C(=O)C(=O)/C(=C(\O)c3ccc(Cl)c(Cl)c3)C2c2cccnc2)cc1. The number of esters is 1. The van der Waals surface area contributed by atoms with Crippen LogP contribution in [0.4, 0.5) is 0 Å². The van der Waals surface area contributed by atoms with E-state index in [0.29, 0.717) is 28.3 Å². The summed E-state index contributed by atoms with van der Waals surface area (Å²) in [5.74, 6) is -2.39. The Balaban J connectivity index is 1.72. The van der Waals surface area contributed by atoms with Crippen molar-refractivity contribution in [2.24, 2.45) is 0 Å². The summed E-state index contributed by atoms with van der Waals surface area (Å²) < 4.78 is 5.15. The van der Waals surface area contributed by atoms with E-state index in [1.807, 2.05) is 6.92 Å². The van der Waals surface area contributed by atoms with Crippen molar-refractivity contribution >= 4 is 46.6 Å². The number of ether oxygens (including phenoxy) is 1. The van der Waals surface area contributed by atoms with Gasteiger partial charge in [-0.2, -0.15) is 0 Å². The minimum Gasteiger partial charge on any atom is -0.507 e. The summed E-state index contributed by atoms with van der Waals surface area (Å²) in [6.45, 7) is 2.30. The third-order valence-corrected chi connectivity index (χ3v) is 6.45. The number of likely N-dealkylation sites (tertiary alicyclic amines) is 1. The van der Waals surface area contributed by atoms with E-state index in [9.17, 15) is 19.5 Å². The lowest BCUT2D eigenvalue weighted by molar-refractivity contribution is -0.140. The number of carbonyl (C=O) groups excluding carboxylic acids is 3. The van der Waals surface area contributed by atoms with Gasteiger partial charge in [0, 0.05) is 24.5 Å². The molecular weight excluding hydrogens is 503 g/mol. The zero-order valence-corrected chi connectivity index (χ0v) is 20.8. The van der Waals surface area contributed by atoms with Gasteiger partial charge in [0.15, 0.2) is 0 Å². The van der Waals surface area contributed by atoms with Crippen molar-refractivity contribution in [3.8, 4) is 0 Å². The van der Waals surface area contributed by atoms with Crippen LogP contribution < -0.4 is 0 Å². The number of hydrogen-bond donors (Lipinski definition) is 1. The van der Waals surface area contributed by atoms with E-state index >= 15 is 0 Å². The Bertz CT molecular complexity index is 1340. The van der Waals surface area contributed by atoms with Gasteiger partial charge in [-0.25, -0.2) is 4.79 Å². The molecule has 1 unspecified atom stereocenters. The fourth-order valence-electron chi connectivity index (χ4n) is 3.95. The second kappa shape index (κ2) is 10.9. The molecule has 0 radical (unpaired) electrons. The fraction of sp³-hybridized carbons (Fsp3) is 0.185. The number of carbonyl (C=O) groups is 3. The Morgan fingerprint density at radius 1 is 1.06 bits per heavy atom. The highest BCUT2D eigenvalue weighted by atomic mass is 35.5. The normalized spacial score (nSPS) is 16.9. The number of hydrogen-bond acceptors (Lipinski definition) is 6. The highest BCUT2D eigenvalue weighted by Gasteiger charge is 2.46. The van der Waals surface area contributed by atoms with Crippen LogP contribution in [0.15, 0.2) is 72.6 Å². The summed E-state index contributed by atoms with van der Waals surface area (Å²) in [4.78, 5) is 43.9. The lowest BCUT2D eigenvalue weighted by Gasteiger charge is -2.25. The summed E-state index contributed by atoms with van der Waals surface area (Å²) in [6, 6.07) is 13.6. The molecule has 2 heterocycles. The van der Waals surface area contributed by atoms with Crippen LogP contribution in [0.3, 0.4) is 0 Å². The van der Waals surface area contributed by atoms with Gasteiger partial charge in [-0.1, -0.05) is 48.3 Å². The second-order valence-electron chi connectivity index (χ2n) is 8.18. The molecule has 1 aliphatic heterocycles. The van der Waals surface area contributed by atoms with Gasteiger partial charge in [-0.3, -0.25) is 14.6 Å². The minimum atomic E-state index is -0.887. The van der Waals surface area contributed by atoms with Crippen molar-refractivity contribution in [2.45, 2.75) is 25.9 Å². The summed E-state index contributed by atoms with van der Waals surface area (Å²) in [7, 11) is 0. The van der Waals surface area contributed by atoms with E-state index in [1.165, 1.54) is 23.1 Å². The van der Waals surface area contributed by atoms with E-state index in [4.69, 9.17) is 27.9 Å². The predicted molar refractivity (Wildman–Crippen MR) is 136 cm³/mol. The zero-order valence-electron chi connectivity index (χ0n) is 19.3. The first kappa shape index (κ1) is 25.4. The van der Waals surface area contributed by atoms with Gasteiger partial charge < -0.3 is 14.7 Å². The monoisotopic (exact) mass is 524 g/mol. The maximum absolute atomic E-state index is 13.2. The molecule has 1 aromatic heterocycles. The molecule has 3 aromatic rings.